The van der Waals surface area contributed by atoms with E-state index in [9.17, 15) is 0 Å². The van der Waals surface area contributed by atoms with Gasteiger partial charge in [0.1, 0.15) is 5.75 Å². The van der Waals surface area contributed by atoms with E-state index in [0.717, 1.165) is 41.4 Å². The maximum atomic E-state index is 5.73. The Balaban J connectivity index is 1.86. The first kappa shape index (κ1) is 13.8. The quantitative estimate of drug-likeness (QED) is 0.590. The van der Waals surface area contributed by atoms with E-state index in [1.54, 1.807) is 0 Å². The van der Waals surface area contributed by atoms with Crippen molar-refractivity contribution in [3.05, 3.63) is 28.2 Å². The molecule has 0 radical (unpaired) electrons. The van der Waals surface area contributed by atoms with Crippen molar-refractivity contribution in [3.8, 4) is 5.75 Å². The Bertz CT molecular complexity index is 380. The summed E-state index contributed by atoms with van der Waals surface area (Å²) >= 11 is 3.52. The lowest BCUT2D eigenvalue weighted by atomic mass is 10.2. The smallest absolute Gasteiger partial charge is 0.189 e. The molecular formula is C14H20BrNO2. The van der Waals surface area contributed by atoms with Gasteiger partial charge in [0.25, 0.3) is 0 Å². The van der Waals surface area contributed by atoms with Crippen molar-refractivity contribution in [2.75, 3.05) is 19.9 Å². The highest BCUT2D eigenvalue weighted by Gasteiger charge is 2.21. The monoisotopic (exact) mass is 313 g/mol. The zero-order chi connectivity index (χ0) is 12.8. The number of hydrogen-bond acceptors (Lipinski definition) is 3. The molecule has 0 bridgehead atoms. The van der Waals surface area contributed by atoms with E-state index in [2.05, 4.69) is 34.2 Å². The van der Waals surface area contributed by atoms with Crippen LogP contribution in [0.3, 0.4) is 0 Å². The summed E-state index contributed by atoms with van der Waals surface area (Å²) in [6, 6.07) is 6.09. The van der Waals surface area contributed by atoms with Crippen LogP contribution in [0.4, 0.5) is 0 Å². The van der Waals surface area contributed by atoms with Crippen LogP contribution in [-0.2, 0) is 11.3 Å². The van der Waals surface area contributed by atoms with Gasteiger partial charge in [0.05, 0.1) is 11.1 Å². The van der Waals surface area contributed by atoms with Gasteiger partial charge in [-0.25, -0.2) is 0 Å². The molecule has 2 rings (SSSR count). The number of rotatable bonds is 8. The van der Waals surface area contributed by atoms with Crippen LogP contribution in [0.1, 0.15) is 25.3 Å². The van der Waals surface area contributed by atoms with Gasteiger partial charge in [0.2, 0.25) is 0 Å². The van der Waals surface area contributed by atoms with E-state index in [4.69, 9.17) is 9.47 Å². The van der Waals surface area contributed by atoms with Crippen molar-refractivity contribution in [2.45, 2.75) is 26.3 Å². The van der Waals surface area contributed by atoms with Gasteiger partial charge in [-0.2, -0.15) is 0 Å². The Hall–Kier alpha value is -0.580. The van der Waals surface area contributed by atoms with Crippen LogP contribution < -0.4 is 10.1 Å². The average Bonchev–Trinajstić information content (AvgIpc) is 3.18. The lowest BCUT2D eigenvalue weighted by molar-refractivity contribution is 0.00900. The maximum Gasteiger partial charge on any atom is 0.189 e. The Morgan fingerprint density at radius 3 is 2.94 bits per heavy atom. The lowest BCUT2D eigenvalue weighted by Crippen LogP contribution is -2.14. The molecule has 0 spiro atoms. The molecule has 1 fully saturated rings. The van der Waals surface area contributed by atoms with E-state index in [-0.39, 0.29) is 0 Å². The zero-order valence-corrected chi connectivity index (χ0v) is 12.3. The third-order valence-corrected chi connectivity index (χ3v) is 3.58. The van der Waals surface area contributed by atoms with E-state index in [1.165, 1.54) is 12.8 Å². The normalized spacial score (nSPS) is 14.8. The molecule has 4 heteroatoms. The predicted molar refractivity (Wildman–Crippen MR) is 75.7 cm³/mol. The summed E-state index contributed by atoms with van der Waals surface area (Å²) in [5.74, 6) is 1.66. The Morgan fingerprint density at radius 2 is 2.22 bits per heavy atom. The minimum absolute atomic E-state index is 0.332. The molecule has 0 amide bonds. The molecule has 0 atom stereocenters. The van der Waals surface area contributed by atoms with Crippen molar-refractivity contribution < 1.29 is 9.47 Å². The minimum Gasteiger partial charge on any atom is -0.466 e. The van der Waals surface area contributed by atoms with Crippen LogP contribution in [0.25, 0.3) is 0 Å². The van der Waals surface area contributed by atoms with Gasteiger partial charge in [0.15, 0.2) is 6.79 Å². The Morgan fingerprint density at radius 1 is 1.39 bits per heavy atom. The molecule has 1 aromatic rings. The second-order valence-corrected chi connectivity index (χ2v) is 5.44. The van der Waals surface area contributed by atoms with Crippen LogP contribution in [0.5, 0.6) is 5.75 Å². The summed E-state index contributed by atoms with van der Waals surface area (Å²) < 4.78 is 12.2. The van der Waals surface area contributed by atoms with Crippen molar-refractivity contribution in [1.29, 1.82) is 0 Å². The minimum atomic E-state index is 0.332. The summed E-state index contributed by atoms with van der Waals surface area (Å²) in [7, 11) is 0. The molecule has 0 saturated heterocycles. The third kappa shape index (κ3) is 4.26. The largest absolute Gasteiger partial charge is 0.466 e. The summed E-state index contributed by atoms with van der Waals surface area (Å²) in [4.78, 5) is 0. The van der Waals surface area contributed by atoms with Gasteiger partial charge in [0, 0.05) is 12.1 Å². The van der Waals surface area contributed by atoms with Gasteiger partial charge in [-0.05, 0) is 47.3 Å². The van der Waals surface area contributed by atoms with E-state index >= 15 is 0 Å². The Labute approximate surface area is 117 Å². The molecule has 0 unspecified atom stereocenters. The topological polar surface area (TPSA) is 30.5 Å². The molecular weight excluding hydrogens is 294 g/mol. The SMILES string of the molecule is CCNCc1cccc(Br)c1OCOCC1CC1. The third-order valence-electron chi connectivity index (χ3n) is 2.95. The molecule has 0 aliphatic heterocycles. The first-order valence-electron chi connectivity index (χ1n) is 6.50. The van der Waals surface area contributed by atoms with Gasteiger partial charge < -0.3 is 14.8 Å². The van der Waals surface area contributed by atoms with Gasteiger partial charge in [-0.1, -0.05) is 19.1 Å². The molecule has 1 N–H and O–H groups in total. The van der Waals surface area contributed by atoms with Crippen molar-refractivity contribution >= 4 is 15.9 Å². The summed E-state index contributed by atoms with van der Waals surface area (Å²) in [5, 5.41) is 3.31. The van der Waals surface area contributed by atoms with Crippen LogP contribution in [-0.4, -0.2) is 19.9 Å². The van der Waals surface area contributed by atoms with Crippen LogP contribution in [0, 0.1) is 5.92 Å². The highest BCUT2D eigenvalue weighted by molar-refractivity contribution is 9.10. The molecule has 1 saturated carbocycles. The van der Waals surface area contributed by atoms with Crippen molar-refractivity contribution in [1.82, 2.24) is 5.32 Å². The van der Waals surface area contributed by atoms with Crippen LogP contribution in [0.15, 0.2) is 22.7 Å². The molecule has 0 heterocycles. The van der Waals surface area contributed by atoms with Crippen molar-refractivity contribution in [3.63, 3.8) is 0 Å². The number of nitrogens with one attached hydrogen (secondary N) is 1. The van der Waals surface area contributed by atoms with Gasteiger partial charge in [-0.3, -0.25) is 0 Å². The number of benzene rings is 1. The highest BCUT2D eigenvalue weighted by atomic mass is 79.9. The zero-order valence-electron chi connectivity index (χ0n) is 10.7. The first-order valence-corrected chi connectivity index (χ1v) is 7.29. The molecule has 100 valence electrons. The highest BCUT2D eigenvalue weighted by Crippen LogP contribution is 2.30. The standard InChI is InChI=1S/C14H20BrNO2/c1-2-16-8-12-4-3-5-13(15)14(12)18-10-17-9-11-6-7-11/h3-5,11,16H,2,6-10H2,1H3. The molecule has 18 heavy (non-hydrogen) atoms. The van der Waals surface area contributed by atoms with E-state index < -0.39 is 0 Å². The average molecular weight is 314 g/mol. The fourth-order valence-corrected chi connectivity index (χ4v) is 2.24. The lowest BCUT2D eigenvalue weighted by Gasteiger charge is -2.13. The van der Waals surface area contributed by atoms with Gasteiger partial charge >= 0.3 is 0 Å². The molecule has 1 aliphatic carbocycles. The Kier molecular flexibility index (Phi) is 5.47. The molecule has 1 aliphatic rings. The van der Waals surface area contributed by atoms with E-state index in [0.29, 0.717) is 6.79 Å². The number of hydrogen-bond donors (Lipinski definition) is 1. The number of ether oxygens (including phenoxy) is 2. The van der Waals surface area contributed by atoms with Gasteiger partial charge in [-0.15, -0.1) is 0 Å². The molecule has 3 nitrogen and oxygen atoms in total. The predicted octanol–water partition coefficient (Wildman–Crippen LogP) is 3.32. The first-order chi connectivity index (χ1) is 8.81. The summed E-state index contributed by atoms with van der Waals surface area (Å²) in [5.41, 5.74) is 1.15. The van der Waals surface area contributed by atoms with E-state index in [1.807, 2.05) is 12.1 Å². The van der Waals surface area contributed by atoms with Crippen LogP contribution in [0.2, 0.25) is 0 Å². The summed E-state index contributed by atoms with van der Waals surface area (Å²) in [6.07, 6.45) is 2.61. The second-order valence-electron chi connectivity index (χ2n) is 4.58. The van der Waals surface area contributed by atoms with Crippen LogP contribution >= 0.6 is 15.9 Å². The van der Waals surface area contributed by atoms with Crippen molar-refractivity contribution in [2.24, 2.45) is 5.92 Å². The maximum absolute atomic E-state index is 5.73. The second kappa shape index (κ2) is 7.12. The number of halogens is 1. The number of para-hydroxylation sites is 1. The fraction of sp³-hybridized carbons (Fsp3) is 0.571. The summed E-state index contributed by atoms with van der Waals surface area (Å²) in [6.45, 7) is 5.01. The fourth-order valence-electron chi connectivity index (χ4n) is 1.71. The molecule has 1 aromatic carbocycles. The molecule has 0 aromatic heterocycles.